The second kappa shape index (κ2) is 12.9. The first-order valence-electron chi connectivity index (χ1n) is 13.0. The summed E-state index contributed by atoms with van der Waals surface area (Å²) in [6.07, 6.45) is 16.4. The predicted octanol–water partition coefficient (Wildman–Crippen LogP) is 7.53. The molecule has 0 saturated carbocycles. The molecule has 0 aliphatic rings. The van der Waals surface area contributed by atoms with E-state index >= 15 is 0 Å². The molecule has 0 atom stereocenters. The number of azide groups is 2. The standard InChI is InChI=1S/C32H28N8/c33-37-35-13-19-39-15-9-25(10-16-39)1-3-27-5-7-29-24-32-22-28(6-8-30(32)23-31(29)21-27)4-2-26-11-17-40(18-12-26)20-14-36-38-34/h1-12,15-18,21-24H,13-14,19-20H2/q+2/b3-1+,4-2+. The minimum Gasteiger partial charge on any atom is -0.205 e. The Morgan fingerprint density at radius 1 is 0.500 bits per heavy atom. The van der Waals surface area contributed by atoms with E-state index < -0.39 is 0 Å². The van der Waals surface area contributed by atoms with Gasteiger partial charge < -0.3 is 0 Å². The van der Waals surface area contributed by atoms with Crippen molar-refractivity contribution in [3.8, 4) is 0 Å². The minimum atomic E-state index is 0.441. The van der Waals surface area contributed by atoms with Crippen LogP contribution >= 0.6 is 0 Å². The maximum absolute atomic E-state index is 8.41. The largest absolute Gasteiger partial charge is 0.205 e. The van der Waals surface area contributed by atoms with Crippen LogP contribution < -0.4 is 9.13 Å². The number of pyridine rings is 2. The Kier molecular flexibility index (Phi) is 8.44. The molecule has 8 nitrogen and oxygen atoms in total. The smallest absolute Gasteiger partial charge is 0.169 e. The summed E-state index contributed by atoms with van der Waals surface area (Å²) in [5.74, 6) is 0. The van der Waals surface area contributed by atoms with Gasteiger partial charge in [0.25, 0.3) is 0 Å². The van der Waals surface area contributed by atoms with Crippen LogP contribution in [0.25, 0.3) is 66.7 Å². The van der Waals surface area contributed by atoms with Crippen molar-refractivity contribution in [3.63, 3.8) is 0 Å². The number of rotatable bonds is 10. The van der Waals surface area contributed by atoms with Crippen molar-refractivity contribution in [2.45, 2.75) is 13.1 Å². The molecule has 0 aliphatic heterocycles. The van der Waals surface area contributed by atoms with E-state index in [0.29, 0.717) is 26.2 Å². The topological polar surface area (TPSA) is 105 Å². The Bertz CT molecular complexity index is 1660. The lowest BCUT2D eigenvalue weighted by Crippen LogP contribution is -2.33. The quantitative estimate of drug-likeness (QED) is 0.0592. The lowest BCUT2D eigenvalue weighted by molar-refractivity contribution is -0.694. The van der Waals surface area contributed by atoms with Crippen LogP contribution in [-0.2, 0) is 13.1 Å². The third-order valence-corrected chi connectivity index (χ3v) is 6.66. The average Bonchev–Trinajstić information content (AvgIpc) is 2.99. The van der Waals surface area contributed by atoms with Gasteiger partial charge in [0.2, 0.25) is 0 Å². The molecular formula is C32H28N8+2. The van der Waals surface area contributed by atoms with E-state index in [1.165, 1.54) is 21.5 Å². The van der Waals surface area contributed by atoms with E-state index in [9.17, 15) is 0 Å². The van der Waals surface area contributed by atoms with Crippen LogP contribution in [-0.4, -0.2) is 13.1 Å². The van der Waals surface area contributed by atoms with E-state index in [1.807, 2.05) is 33.9 Å². The fraction of sp³-hybridized carbons (Fsp3) is 0.125. The zero-order valence-electron chi connectivity index (χ0n) is 22.0. The second-order valence-electron chi connectivity index (χ2n) is 9.38. The minimum absolute atomic E-state index is 0.441. The molecule has 40 heavy (non-hydrogen) atoms. The van der Waals surface area contributed by atoms with Crippen molar-refractivity contribution in [2.75, 3.05) is 13.1 Å². The van der Waals surface area contributed by atoms with E-state index in [0.717, 1.165) is 22.3 Å². The number of benzene rings is 3. The lowest BCUT2D eigenvalue weighted by atomic mass is 9.99. The maximum atomic E-state index is 8.41. The summed E-state index contributed by atoms with van der Waals surface area (Å²) < 4.78 is 4.00. The molecule has 0 aliphatic carbocycles. The molecule has 0 N–H and O–H groups in total. The van der Waals surface area contributed by atoms with Crippen LogP contribution in [0.4, 0.5) is 0 Å². The molecule has 2 aromatic heterocycles. The van der Waals surface area contributed by atoms with Gasteiger partial charge in [-0.2, -0.15) is 0 Å². The summed E-state index contributed by atoms with van der Waals surface area (Å²) in [4.78, 5) is 5.58. The fourth-order valence-corrected chi connectivity index (χ4v) is 4.49. The van der Waals surface area contributed by atoms with Gasteiger partial charge in [0.15, 0.2) is 37.9 Å². The SMILES string of the molecule is [N-]=[N+]=NCC[n+]1ccc(/C=C/c2ccc3cc4cc(/C=C/c5cc[n+](CCN=[N+]=[N-])cc5)ccc4cc3c2)cc1. The monoisotopic (exact) mass is 524 g/mol. The van der Waals surface area contributed by atoms with Crippen molar-refractivity contribution < 1.29 is 9.13 Å². The fourth-order valence-electron chi connectivity index (χ4n) is 4.49. The normalized spacial score (nSPS) is 11.2. The van der Waals surface area contributed by atoms with E-state index in [2.05, 4.69) is 117 Å². The van der Waals surface area contributed by atoms with Crippen molar-refractivity contribution in [1.29, 1.82) is 0 Å². The van der Waals surface area contributed by atoms with Crippen LogP contribution in [0.2, 0.25) is 0 Å². The first kappa shape index (κ1) is 26.2. The number of hydrogen-bond donors (Lipinski definition) is 0. The molecule has 3 aromatic carbocycles. The van der Waals surface area contributed by atoms with Gasteiger partial charge in [-0.05, 0) is 79.1 Å². The van der Waals surface area contributed by atoms with Crippen LogP contribution in [0, 0.1) is 0 Å². The van der Waals surface area contributed by atoms with Crippen LogP contribution in [0.15, 0.2) is 108 Å². The van der Waals surface area contributed by atoms with Crippen LogP contribution in [0.1, 0.15) is 22.3 Å². The molecule has 0 saturated heterocycles. The van der Waals surface area contributed by atoms with E-state index in [4.69, 9.17) is 11.1 Å². The molecule has 0 fully saturated rings. The van der Waals surface area contributed by atoms with Crippen LogP contribution in [0.3, 0.4) is 0 Å². The maximum Gasteiger partial charge on any atom is 0.169 e. The zero-order chi connectivity index (χ0) is 27.6. The highest BCUT2D eigenvalue weighted by atomic mass is 15.1. The number of hydrogen-bond acceptors (Lipinski definition) is 2. The summed E-state index contributed by atoms with van der Waals surface area (Å²) in [5, 5.41) is 12.0. The molecule has 5 aromatic rings. The van der Waals surface area contributed by atoms with Gasteiger partial charge in [0, 0.05) is 34.1 Å². The average molecular weight is 525 g/mol. The molecule has 2 heterocycles. The third kappa shape index (κ3) is 6.91. The highest BCUT2D eigenvalue weighted by Gasteiger charge is 2.02. The van der Waals surface area contributed by atoms with Crippen molar-refractivity contribution in [1.82, 2.24) is 0 Å². The summed E-state index contributed by atoms with van der Waals surface area (Å²) in [5.41, 5.74) is 21.3. The molecule has 0 bridgehead atoms. The molecule has 0 amide bonds. The zero-order valence-corrected chi connectivity index (χ0v) is 22.0. The van der Waals surface area contributed by atoms with Crippen molar-refractivity contribution >= 4 is 45.8 Å². The lowest BCUT2D eigenvalue weighted by Gasteiger charge is -2.05. The van der Waals surface area contributed by atoms with Gasteiger partial charge >= 0.3 is 0 Å². The Morgan fingerprint density at radius 3 is 1.30 bits per heavy atom. The number of aromatic nitrogens is 2. The summed E-state index contributed by atoms with van der Waals surface area (Å²) >= 11 is 0. The molecule has 8 heteroatoms. The van der Waals surface area contributed by atoms with Gasteiger partial charge in [0.1, 0.15) is 0 Å². The highest BCUT2D eigenvalue weighted by molar-refractivity contribution is 6.00. The van der Waals surface area contributed by atoms with Gasteiger partial charge in [-0.3, -0.25) is 0 Å². The Labute approximate surface area is 232 Å². The Balaban J connectivity index is 1.28. The second-order valence-corrected chi connectivity index (χ2v) is 9.38. The van der Waals surface area contributed by atoms with Gasteiger partial charge in [-0.1, -0.05) is 58.8 Å². The molecule has 0 radical (unpaired) electrons. The van der Waals surface area contributed by atoms with E-state index in [1.54, 1.807) is 0 Å². The third-order valence-electron chi connectivity index (χ3n) is 6.66. The van der Waals surface area contributed by atoms with E-state index in [-0.39, 0.29) is 0 Å². The molecule has 5 rings (SSSR count). The number of nitrogens with zero attached hydrogens (tertiary/aromatic N) is 8. The summed E-state index contributed by atoms with van der Waals surface area (Å²) in [6, 6.07) is 25.8. The van der Waals surface area contributed by atoms with Gasteiger partial charge in [-0.15, -0.1) is 0 Å². The first-order valence-corrected chi connectivity index (χ1v) is 13.0. The Hall–Kier alpha value is -5.42. The van der Waals surface area contributed by atoms with Crippen molar-refractivity contribution in [2.24, 2.45) is 10.2 Å². The molecular weight excluding hydrogens is 496 g/mol. The summed E-state index contributed by atoms with van der Waals surface area (Å²) in [7, 11) is 0. The van der Waals surface area contributed by atoms with Gasteiger partial charge in [-0.25, -0.2) is 9.13 Å². The van der Waals surface area contributed by atoms with Gasteiger partial charge in [0.05, 0.1) is 13.1 Å². The molecule has 0 unspecified atom stereocenters. The Morgan fingerprint density at radius 2 is 0.900 bits per heavy atom. The van der Waals surface area contributed by atoms with Crippen LogP contribution in [0.5, 0.6) is 0 Å². The molecule has 194 valence electrons. The number of fused-ring (bicyclic) bond motifs is 2. The molecule has 0 spiro atoms. The summed E-state index contributed by atoms with van der Waals surface area (Å²) in [6.45, 7) is 2.22. The first-order chi connectivity index (χ1) is 19.7. The predicted molar refractivity (Wildman–Crippen MR) is 161 cm³/mol. The highest BCUT2D eigenvalue weighted by Crippen LogP contribution is 2.26. The van der Waals surface area contributed by atoms with Crippen molar-refractivity contribution in [3.05, 3.63) is 141 Å².